The monoisotopic (exact) mass is 258 g/mol. The normalized spacial score (nSPS) is 19.7. The molecule has 1 aromatic heterocycles. The quantitative estimate of drug-likeness (QED) is 0.797. The van der Waals surface area contributed by atoms with E-state index in [4.69, 9.17) is 5.26 Å². The van der Waals surface area contributed by atoms with Crippen LogP contribution in [0.2, 0.25) is 0 Å². The van der Waals surface area contributed by atoms with Gasteiger partial charge in [0.1, 0.15) is 5.69 Å². The number of likely N-dealkylation sites (N-methyl/N-ethyl adjacent to an activating group) is 2. The maximum atomic E-state index is 12.4. The van der Waals surface area contributed by atoms with Gasteiger partial charge in [0.05, 0.1) is 11.6 Å². The predicted octanol–water partition coefficient (Wildman–Crippen LogP) is 1.12. The van der Waals surface area contributed by atoms with Crippen LogP contribution in [0.1, 0.15) is 28.9 Å². The molecule has 0 radical (unpaired) electrons. The van der Waals surface area contributed by atoms with Crippen molar-refractivity contribution in [1.29, 1.82) is 5.26 Å². The van der Waals surface area contributed by atoms with E-state index in [2.05, 4.69) is 16.9 Å². The number of nitrogens with zero attached hydrogens (tertiary/aromatic N) is 4. The van der Waals surface area contributed by atoms with Crippen LogP contribution in [0.4, 0.5) is 0 Å². The zero-order valence-corrected chi connectivity index (χ0v) is 11.3. The van der Waals surface area contributed by atoms with Crippen LogP contribution in [-0.4, -0.2) is 53.9 Å². The third kappa shape index (κ3) is 3.09. The van der Waals surface area contributed by atoms with Crippen molar-refractivity contribution in [3.63, 3.8) is 0 Å². The number of carbonyl (C=O) groups is 1. The van der Waals surface area contributed by atoms with Crippen molar-refractivity contribution in [3.8, 4) is 6.07 Å². The Bertz CT molecular complexity index is 508. The van der Waals surface area contributed by atoms with Crippen LogP contribution >= 0.6 is 0 Å². The van der Waals surface area contributed by atoms with E-state index in [9.17, 15) is 4.79 Å². The maximum absolute atomic E-state index is 12.4. The van der Waals surface area contributed by atoms with Crippen LogP contribution in [-0.2, 0) is 0 Å². The van der Waals surface area contributed by atoms with Crippen LogP contribution in [0.5, 0.6) is 0 Å². The Labute approximate surface area is 113 Å². The molecule has 5 nitrogen and oxygen atoms in total. The number of aromatic nitrogens is 1. The fourth-order valence-corrected chi connectivity index (χ4v) is 2.42. The SMILES string of the molecule is CN1CCCC(N(C)C(=O)c2cc(C#N)ccn2)C1. The molecule has 1 aliphatic rings. The van der Waals surface area contributed by atoms with Gasteiger partial charge in [-0.1, -0.05) is 0 Å². The smallest absolute Gasteiger partial charge is 0.272 e. The average molecular weight is 258 g/mol. The molecule has 0 spiro atoms. The third-order valence-corrected chi connectivity index (χ3v) is 3.58. The summed E-state index contributed by atoms with van der Waals surface area (Å²) >= 11 is 0. The molecule has 0 aromatic carbocycles. The molecule has 0 saturated carbocycles. The van der Waals surface area contributed by atoms with Gasteiger partial charge in [0, 0.05) is 25.8 Å². The summed E-state index contributed by atoms with van der Waals surface area (Å²) in [7, 11) is 3.88. The molecule has 1 unspecified atom stereocenters. The first-order valence-corrected chi connectivity index (χ1v) is 6.43. The number of piperidine rings is 1. The van der Waals surface area contributed by atoms with Crippen molar-refractivity contribution in [3.05, 3.63) is 29.6 Å². The second-order valence-electron chi connectivity index (χ2n) is 5.02. The summed E-state index contributed by atoms with van der Waals surface area (Å²) in [5, 5.41) is 8.86. The summed E-state index contributed by atoms with van der Waals surface area (Å²) in [5.41, 5.74) is 0.808. The lowest BCUT2D eigenvalue weighted by Gasteiger charge is -2.35. The summed E-state index contributed by atoms with van der Waals surface area (Å²) in [6.45, 7) is 1.97. The van der Waals surface area contributed by atoms with Crippen molar-refractivity contribution < 1.29 is 4.79 Å². The summed E-state index contributed by atoms with van der Waals surface area (Å²) < 4.78 is 0. The Balaban J connectivity index is 2.12. The van der Waals surface area contributed by atoms with Crippen LogP contribution < -0.4 is 0 Å². The van der Waals surface area contributed by atoms with Gasteiger partial charge in [-0.25, -0.2) is 0 Å². The summed E-state index contributed by atoms with van der Waals surface area (Å²) in [6, 6.07) is 5.40. The lowest BCUT2D eigenvalue weighted by molar-refractivity contribution is 0.0638. The number of likely N-dealkylation sites (tertiary alicyclic amines) is 1. The Hall–Kier alpha value is -1.93. The molecule has 1 amide bonds. The molecule has 1 aromatic rings. The summed E-state index contributed by atoms with van der Waals surface area (Å²) in [5.74, 6) is -0.114. The highest BCUT2D eigenvalue weighted by Gasteiger charge is 2.25. The van der Waals surface area contributed by atoms with E-state index in [1.165, 1.54) is 6.20 Å². The number of amides is 1. The second kappa shape index (κ2) is 5.81. The van der Waals surface area contributed by atoms with Crippen LogP contribution in [0, 0.1) is 11.3 Å². The fourth-order valence-electron chi connectivity index (χ4n) is 2.42. The number of pyridine rings is 1. The number of rotatable bonds is 2. The Morgan fingerprint density at radius 3 is 3.11 bits per heavy atom. The second-order valence-corrected chi connectivity index (χ2v) is 5.02. The number of nitriles is 1. The van der Waals surface area contributed by atoms with E-state index in [0.29, 0.717) is 11.3 Å². The van der Waals surface area contributed by atoms with Gasteiger partial charge in [0.25, 0.3) is 5.91 Å². The minimum atomic E-state index is -0.114. The van der Waals surface area contributed by atoms with E-state index >= 15 is 0 Å². The van der Waals surface area contributed by atoms with E-state index < -0.39 is 0 Å². The largest absolute Gasteiger partial charge is 0.336 e. The Kier molecular flexibility index (Phi) is 4.13. The minimum Gasteiger partial charge on any atom is -0.336 e. The molecular formula is C14H18N4O. The average Bonchev–Trinajstić information content (AvgIpc) is 2.45. The van der Waals surface area contributed by atoms with Gasteiger partial charge in [-0.3, -0.25) is 9.78 Å². The molecule has 0 aliphatic carbocycles. The van der Waals surface area contributed by atoms with E-state index in [0.717, 1.165) is 25.9 Å². The molecule has 5 heteroatoms. The minimum absolute atomic E-state index is 0.114. The molecule has 100 valence electrons. The number of carbonyl (C=O) groups excluding carboxylic acids is 1. The van der Waals surface area contributed by atoms with Gasteiger partial charge in [-0.05, 0) is 38.6 Å². The summed E-state index contributed by atoms with van der Waals surface area (Å²) in [4.78, 5) is 20.4. The Morgan fingerprint density at radius 2 is 2.42 bits per heavy atom. The molecule has 0 bridgehead atoms. The lowest BCUT2D eigenvalue weighted by atomic mass is 10.0. The zero-order chi connectivity index (χ0) is 13.8. The van der Waals surface area contributed by atoms with Gasteiger partial charge < -0.3 is 9.80 Å². The molecular weight excluding hydrogens is 240 g/mol. The molecule has 19 heavy (non-hydrogen) atoms. The number of hydrogen-bond acceptors (Lipinski definition) is 4. The summed E-state index contributed by atoms with van der Waals surface area (Å²) in [6.07, 6.45) is 3.63. The zero-order valence-electron chi connectivity index (χ0n) is 11.3. The van der Waals surface area contributed by atoms with Crippen molar-refractivity contribution in [2.75, 3.05) is 27.2 Å². The van der Waals surface area contributed by atoms with Gasteiger partial charge in [-0.15, -0.1) is 0 Å². The van der Waals surface area contributed by atoms with Crippen molar-refractivity contribution >= 4 is 5.91 Å². The molecule has 1 atom stereocenters. The highest BCUT2D eigenvalue weighted by molar-refractivity contribution is 5.92. The first kappa shape index (κ1) is 13.5. The molecule has 1 saturated heterocycles. The first-order valence-electron chi connectivity index (χ1n) is 6.43. The third-order valence-electron chi connectivity index (χ3n) is 3.58. The van der Waals surface area contributed by atoms with Crippen molar-refractivity contribution in [2.45, 2.75) is 18.9 Å². The standard InChI is InChI=1S/C14H18N4O/c1-17-7-3-4-12(10-17)18(2)14(19)13-8-11(9-15)5-6-16-13/h5-6,8,12H,3-4,7,10H2,1-2H3. The van der Waals surface area contributed by atoms with E-state index in [1.807, 2.05) is 13.1 Å². The highest BCUT2D eigenvalue weighted by atomic mass is 16.2. The number of hydrogen-bond donors (Lipinski definition) is 0. The van der Waals surface area contributed by atoms with Crippen LogP contribution in [0.25, 0.3) is 0 Å². The predicted molar refractivity (Wildman–Crippen MR) is 71.6 cm³/mol. The molecule has 0 N–H and O–H groups in total. The molecule has 2 heterocycles. The van der Waals surface area contributed by atoms with Crippen molar-refractivity contribution in [2.24, 2.45) is 0 Å². The van der Waals surface area contributed by atoms with Gasteiger partial charge >= 0.3 is 0 Å². The molecule has 2 rings (SSSR count). The maximum Gasteiger partial charge on any atom is 0.272 e. The van der Waals surface area contributed by atoms with Gasteiger partial charge in [0.2, 0.25) is 0 Å². The van der Waals surface area contributed by atoms with E-state index in [-0.39, 0.29) is 11.9 Å². The highest BCUT2D eigenvalue weighted by Crippen LogP contribution is 2.15. The first-order chi connectivity index (χ1) is 9.11. The van der Waals surface area contributed by atoms with Gasteiger partial charge in [-0.2, -0.15) is 5.26 Å². The van der Waals surface area contributed by atoms with Crippen LogP contribution in [0.3, 0.4) is 0 Å². The molecule has 1 aliphatic heterocycles. The topological polar surface area (TPSA) is 60.2 Å². The fraction of sp³-hybridized carbons (Fsp3) is 0.500. The lowest BCUT2D eigenvalue weighted by Crippen LogP contribution is -2.47. The van der Waals surface area contributed by atoms with Crippen molar-refractivity contribution in [1.82, 2.24) is 14.8 Å². The van der Waals surface area contributed by atoms with Crippen LogP contribution in [0.15, 0.2) is 18.3 Å². The van der Waals surface area contributed by atoms with Gasteiger partial charge in [0.15, 0.2) is 0 Å². The molecule has 1 fully saturated rings. The van der Waals surface area contributed by atoms with E-state index in [1.54, 1.807) is 17.0 Å². The Morgan fingerprint density at radius 1 is 1.63 bits per heavy atom.